The minimum atomic E-state index is -4.36. The number of aryl methyl sites for hydroxylation is 1. The topological polar surface area (TPSA) is 61.4 Å². The normalized spacial score (nSPS) is 20.9. The average molecular weight is 376 g/mol. The fraction of sp³-hybridized carbons (Fsp3) is 0.350. The van der Waals surface area contributed by atoms with Gasteiger partial charge in [-0.3, -0.25) is 0 Å². The number of alkyl halides is 3. The number of hydrogen-bond donors (Lipinski definition) is 3. The van der Waals surface area contributed by atoms with Crippen molar-refractivity contribution in [1.29, 1.82) is 0 Å². The Hall–Kier alpha value is -2.54. The van der Waals surface area contributed by atoms with Crippen LogP contribution in [0, 0.1) is 0 Å². The Morgan fingerprint density at radius 1 is 1.11 bits per heavy atom. The number of aliphatic hydroxyl groups is 1. The number of amides is 2. The van der Waals surface area contributed by atoms with Gasteiger partial charge < -0.3 is 15.7 Å². The first kappa shape index (κ1) is 17.9. The number of urea groups is 1. The number of hydrogen-bond acceptors (Lipinski definition) is 2. The number of carbonyl (C=O) groups is 1. The number of nitrogens with one attached hydrogen (secondary N) is 2. The van der Waals surface area contributed by atoms with Crippen molar-refractivity contribution in [3.63, 3.8) is 0 Å². The Labute approximate surface area is 154 Å². The van der Waals surface area contributed by atoms with Crippen LogP contribution in [0.25, 0.3) is 0 Å². The summed E-state index contributed by atoms with van der Waals surface area (Å²) in [6.45, 7) is 0. The zero-order chi connectivity index (χ0) is 19.2. The molecule has 2 amide bonds. The maximum Gasteiger partial charge on any atom is 0.416 e. The van der Waals surface area contributed by atoms with Crippen LogP contribution in [-0.2, 0) is 25.4 Å². The highest BCUT2D eigenvalue weighted by atomic mass is 19.4. The molecule has 0 saturated carbocycles. The molecule has 27 heavy (non-hydrogen) atoms. The fourth-order valence-corrected chi connectivity index (χ4v) is 4.01. The van der Waals surface area contributed by atoms with Gasteiger partial charge >= 0.3 is 12.2 Å². The van der Waals surface area contributed by atoms with E-state index in [9.17, 15) is 23.1 Å². The second-order valence-corrected chi connectivity index (χ2v) is 7.11. The molecule has 0 bridgehead atoms. The van der Waals surface area contributed by atoms with Crippen molar-refractivity contribution in [1.82, 2.24) is 5.32 Å². The van der Waals surface area contributed by atoms with Crippen LogP contribution in [-0.4, -0.2) is 17.2 Å². The van der Waals surface area contributed by atoms with Crippen LogP contribution in [0.2, 0.25) is 0 Å². The lowest BCUT2D eigenvalue weighted by Gasteiger charge is -2.17. The van der Waals surface area contributed by atoms with Crippen LogP contribution in [0.4, 0.5) is 23.7 Å². The van der Waals surface area contributed by atoms with E-state index in [0.717, 1.165) is 22.8 Å². The summed E-state index contributed by atoms with van der Waals surface area (Å²) in [6.07, 6.45) is -2.67. The zero-order valence-electron chi connectivity index (χ0n) is 14.4. The molecule has 0 radical (unpaired) electrons. The Balaban J connectivity index is 1.46. The Kier molecular flexibility index (Phi) is 4.34. The molecule has 0 fully saturated rings. The molecule has 7 heteroatoms. The Bertz CT molecular complexity index is 895. The summed E-state index contributed by atoms with van der Waals surface area (Å²) in [4.78, 5) is 12.4. The maximum absolute atomic E-state index is 12.8. The van der Waals surface area contributed by atoms with Gasteiger partial charge in [-0.1, -0.05) is 18.2 Å². The van der Waals surface area contributed by atoms with E-state index < -0.39 is 23.9 Å². The van der Waals surface area contributed by atoms with Gasteiger partial charge in [-0.05, 0) is 59.7 Å². The molecule has 0 spiro atoms. The van der Waals surface area contributed by atoms with E-state index in [0.29, 0.717) is 36.9 Å². The lowest BCUT2D eigenvalue weighted by Crippen LogP contribution is -2.32. The lowest BCUT2D eigenvalue weighted by atomic mass is 10.0. The zero-order valence-corrected chi connectivity index (χ0v) is 14.4. The smallest absolute Gasteiger partial charge is 0.392 e. The average Bonchev–Trinajstić information content (AvgIpc) is 3.17. The monoisotopic (exact) mass is 376 g/mol. The molecule has 0 aromatic heterocycles. The molecule has 0 heterocycles. The van der Waals surface area contributed by atoms with Gasteiger partial charge in [-0.2, -0.15) is 13.2 Å². The van der Waals surface area contributed by atoms with E-state index in [2.05, 4.69) is 10.6 Å². The molecule has 2 atom stereocenters. The van der Waals surface area contributed by atoms with Crippen molar-refractivity contribution < 1.29 is 23.1 Å². The molecule has 0 aliphatic heterocycles. The molecule has 4 nitrogen and oxygen atoms in total. The third kappa shape index (κ3) is 3.51. The molecule has 2 aliphatic rings. The second kappa shape index (κ2) is 6.56. The molecule has 0 saturated heterocycles. The summed E-state index contributed by atoms with van der Waals surface area (Å²) >= 11 is 0. The van der Waals surface area contributed by atoms with E-state index in [-0.39, 0.29) is 6.04 Å². The number of carbonyl (C=O) groups excluding carboxylic acids is 1. The number of benzene rings is 2. The molecule has 2 aromatic rings. The summed E-state index contributed by atoms with van der Waals surface area (Å²) in [5, 5.41) is 15.5. The highest BCUT2D eigenvalue weighted by Crippen LogP contribution is 2.37. The van der Waals surface area contributed by atoms with Crippen LogP contribution < -0.4 is 10.6 Å². The number of aliphatic hydroxyl groups excluding tert-OH is 1. The summed E-state index contributed by atoms with van der Waals surface area (Å²) in [7, 11) is 0. The molecule has 2 aromatic carbocycles. The first-order valence-electron chi connectivity index (χ1n) is 8.87. The van der Waals surface area contributed by atoms with Crippen molar-refractivity contribution in [2.24, 2.45) is 0 Å². The molecular formula is C20H19F3N2O2. The van der Waals surface area contributed by atoms with E-state index in [4.69, 9.17) is 0 Å². The number of fused-ring (bicyclic) bond motifs is 2. The summed E-state index contributed by atoms with van der Waals surface area (Å²) in [5.41, 5.74) is 3.30. The van der Waals surface area contributed by atoms with Crippen LogP contribution in [0.3, 0.4) is 0 Å². The molecule has 0 unspecified atom stereocenters. The minimum absolute atomic E-state index is 0.315. The quantitative estimate of drug-likeness (QED) is 0.743. The number of anilines is 1. The van der Waals surface area contributed by atoms with Crippen LogP contribution in [0.15, 0.2) is 36.4 Å². The predicted octanol–water partition coefficient (Wildman–Crippen LogP) is 3.97. The van der Waals surface area contributed by atoms with Gasteiger partial charge in [-0.25, -0.2) is 4.79 Å². The van der Waals surface area contributed by atoms with E-state index >= 15 is 0 Å². The van der Waals surface area contributed by atoms with E-state index in [1.807, 2.05) is 12.1 Å². The van der Waals surface area contributed by atoms with Gasteiger partial charge in [0.05, 0.1) is 17.7 Å². The summed E-state index contributed by atoms with van der Waals surface area (Å²) in [6, 6.07) is 8.51. The summed E-state index contributed by atoms with van der Waals surface area (Å²) in [5.74, 6) is 0. The maximum atomic E-state index is 12.8. The molecule has 3 N–H and O–H groups in total. The van der Waals surface area contributed by atoms with Crippen LogP contribution in [0.1, 0.15) is 40.3 Å². The van der Waals surface area contributed by atoms with Gasteiger partial charge in [0, 0.05) is 12.1 Å². The van der Waals surface area contributed by atoms with Crippen molar-refractivity contribution in [3.05, 3.63) is 64.2 Å². The molecule has 142 valence electrons. The highest BCUT2D eigenvalue weighted by molar-refractivity contribution is 5.90. The summed E-state index contributed by atoms with van der Waals surface area (Å²) < 4.78 is 38.5. The lowest BCUT2D eigenvalue weighted by molar-refractivity contribution is -0.137. The van der Waals surface area contributed by atoms with E-state index in [1.54, 1.807) is 6.07 Å². The third-order valence-corrected chi connectivity index (χ3v) is 5.27. The Morgan fingerprint density at radius 2 is 1.93 bits per heavy atom. The van der Waals surface area contributed by atoms with Gasteiger partial charge in [0.25, 0.3) is 0 Å². The largest absolute Gasteiger partial charge is 0.416 e. The number of halogens is 3. The molecular weight excluding hydrogens is 357 g/mol. The first-order valence-corrected chi connectivity index (χ1v) is 8.87. The third-order valence-electron chi connectivity index (χ3n) is 5.27. The van der Waals surface area contributed by atoms with Crippen molar-refractivity contribution in [2.45, 2.75) is 44.0 Å². The standard InChI is InChI=1S/C20H19F3N2O2/c21-20(22,23)13-5-6-15-12(8-13)4-7-18(15)25-19(27)24-17-3-1-2-11-9-14(26)10-16(11)17/h1-3,5-6,8,14,18,26H,4,7,9-10H2,(H2,24,25,27)/t14-,18-/m1/s1. The number of rotatable bonds is 2. The van der Waals surface area contributed by atoms with Gasteiger partial charge in [0.1, 0.15) is 0 Å². The van der Waals surface area contributed by atoms with Crippen LogP contribution in [0.5, 0.6) is 0 Å². The molecule has 4 rings (SSSR count). The van der Waals surface area contributed by atoms with Gasteiger partial charge in [0.2, 0.25) is 0 Å². The predicted molar refractivity (Wildman–Crippen MR) is 94.5 cm³/mol. The highest BCUT2D eigenvalue weighted by Gasteiger charge is 2.33. The SMILES string of the molecule is O=C(Nc1cccc2c1C[C@H](O)C2)N[C@@H]1CCc2cc(C(F)(F)F)ccc21. The van der Waals surface area contributed by atoms with Crippen molar-refractivity contribution >= 4 is 11.7 Å². The molecule has 2 aliphatic carbocycles. The fourth-order valence-electron chi connectivity index (χ4n) is 4.01. The van der Waals surface area contributed by atoms with Crippen molar-refractivity contribution in [3.8, 4) is 0 Å². The second-order valence-electron chi connectivity index (χ2n) is 7.11. The van der Waals surface area contributed by atoms with E-state index in [1.165, 1.54) is 12.1 Å². The van der Waals surface area contributed by atoms with Crippen molar-refractivity contribution in [2.75, 3.05) is 5.32 Å². The minimum Gasteiger partial charge on any atom is -0.392 e. The van der Waals surface area contributed by atoms with Gasteiger partial charge in [-0.15, -0.1) is 0 Å². The van der Waals surface area contributed by atoms with Gasteiger partial charge in [0.15, 0.2) is 0 Å². The first-order chi connectivity index (χ1) is 12.8. The Morgan fingerprint density at radius 3 is 2.70 bits per heavy atom. The van der Waals surface area contributed by atoms with Crippen LogP contribution >= 0.6 is 0 Å².